The molecular formula is C18H22N2O. The van der Waals surface area contributed by atoms with Gasteiger partial charge in [-0.2, -0.15) is 5.26 Å². The highest BCUT2D eigenvalue weighted by Crippen LogP contribution is 2.29. The average molecular weight is 282 g/mol. The largest absolute Gasteiger partial charge is 0.348 e. The van der Waals surface area contributed by atoms with Crippen LogP contribution in [0.15, 0.2) is 35.9 Å². The zero-order valence-corrected chi connectivity index (χ0v) is 12.7. The van der Waals surface area contributed by atoms with Crippen LogP contribution >= 0.6 is 0 Å². The van der Waals surface area contributed by atoms with Gasteiger partial charge in [0.05, 0.1) is 0 Å². The molecule has 1 fully saturated rings. The van der Waals surface area contributed by atoms with Gasteiger partial charge in [-0.15, -0.1) is 0 Å². The molecule has 0 aliphatic heterocycles. The summed E-state index contributed by atoms with van der Waals surface area (Å²) in [6, 6.07) is 11.7. The Kier molecular flexibility index (Phi) is 5.16. The van der Waals surface area contributed by atoms with Crippen LogP contribution in [0.5, 0.6) is 0 Å². The van der Waals surface area contributed by atoms with Crippen LogP contribution in [0.4, 0.5) is 0 Å². The molecule has 0 spiro atoms. The first-order chi connectivity index (χ1) is 10.1. The molecule has 2 rings (SSSR count). The Morgan fingerprint density at radius 2 is 2.00 bits per heavy atom. The quantitative estimate of drug-likeness (QED) is 0.681. The molecule has 3 nitrogen and oxygen atoms in total. The van der Waals surface area contributed by atoms with Crippen LogP contribution in [-0.4, -0.2) is 11.9 Å². The maximum Gasteiger partial charge on any atom is 0.262 e. The summed E-state index contributed by atoms with van der Waals surface area (Å²) in [5.41, 5.74) is 1.04. The van der Waals surface area contributed by atoms with E-state index in [1.54, 1.807) is 6.08 Å². The van der Waals surface area contributed by atoms with E-state index in [-0.39, 0.29) is 17.5 Å². The first-order valence-corrected chi connectivity index (χ1v) is 7.59. The van der Waals surface area contributed by atoms with Crippen molar-refractivity contribution in [3.05, 3.63) is 41.5 Å². The molecule has 0 saturated heterocycles. The number of nitriles is 1. The number of hydrogen-bond acceptors (Lipinski definition) is 2. The smallest absolute Gasteiger partial charge is 0.262 e. The fraction of sp³-hybridized carbons (Fsp3) is 0.444. The lowest BCUT2D eigenvalue weighted by molar-refractivity contribution is -0.118. The normalized spacial score (nSPS) is 26.0. The average Bonchev–Trinajstić information content (AvgIpc) is 2.50. The van der Waals surface area contributed by atoms with Gasteiger partial charge in [0.2, 0.25) is 0 Å². The Labute approximate surface area is 126 Å². The van der Waals surface area contributed by atoms with Gasteiger partial charge in [-0.3, -0.25) is 4.79 Å². The first kappa shape index (κ1) is 15.3. The molecule has 3 unspecified atom stereocenters. The highest BCUT2D eigenvalue weighted by molar-refractivity contribution is 6.01. The van der Waals surface area contributed by atoms with E-state index in [2.05, 4.69) is 19.2 Å². The molecular weight excluding hydrogens is 260 g/mol. The molecule has 3 atom stereocenters. The zero-order valence-electron chi connectivity index (χ0n) is 12.7. The summed E-state index contributed by atoms with van der Waals surface area (Å²) in [5, 5.41) is 12.3. The molecule has 1 aromatic carbocycles. The van der Waals surface area contributed by atoms with Crippen molar-refractivity contribution in [2.75, 3.05) is 0 Å². The second-order valence-corrected chi connectivity index (χ2v) is 5.93. The SMILES string of the molecule is CC1CCCC(NC(=O)/C(C#N)=C\c2ccccc2)C1C. The third kappa shape index (κ3) is 3.95. The van der Waals surface area contributed by atoms with E-state index in [4.69, 9.17) is 0 Å². The first-order valence-electron chi connectivity index (χ1n) is 7.59. The summed E-state index contributed by atoms with van der Waals surface area (Å²) in [6.07, 6.45) is 5.01. The fourth-order valence-corrected chi connectivity index (χ4v) is 2.90. The molecule has 0 radical (unpaired) electrons. The third-order valence-electron chi connectivity index (χ3n) is 4.50. The van der Waals surface area contributed by atoms with Gasteiger partial charge in [-0.25, -0.2) is 0 Å². The van der Waals surface area contributed by atoms with Crippen molar-refractivity contribution in [2.45, 2.75) is 39.2 Å². The zero-order chi connectivity index (χ0) is 15.2. The number of benzene rings is 1. The van der Waals surface area contributed by atoms with E-state index in [1.807, 2.05) is 36.4 Å². The topological polar surface area (TPSA) is 52.9 Å². The third-order valence-corrected chi connectivity index (χ3v) is 4.50. The van der Waals surface area contributed by atoms with Gasteiger partial charge in [0.1, 0.15) is 11.6 Å². The molecule has 1 saturated carbocycles. The van der Waals surface area contributed by atoms with Crippen molar-refractivity contribution in [3.63, 3.8) is 0 Å². The van der Waals surface area contributed by atoms with E-state index in [0.717, 1.165) is 18.4 Å². The van der Waals surface area contributed by atoms with Crippen molar-refractivity contribution in [2.24, 2.45) is 11.8 Å². The van der Waals surface area contributed by atoms with Crippen LogP contribution in [0.25, 0.3) is 6.08 Å². The molecule has 0 heterocycles. The standard InChI is InChI=1S/C18H22N2O/c1-13-7-6-10-17(14(13)2)20-18(21)16(12-19)11-15-8-4-3-5-9-15/h3-5,8-9,11,13-14,17H,6-7,10H2,1-2H3,(H,20,21)/b16-11-. The van der Waals surface area contributed by atoms with Gasteiger partial charge in [0, 0.05) is 6.04 Å². The molecule has 0 bridgehead atoms. The van der Waals surface area contributed by atoms with Crippen LogP contribution in [0, 0.1) is 23.2 Å². The molecule has 3 heteroatoms. The predicted octanol–water partition coefficient (Wildman–Crippen LogP) is 3.53. The molecule has 1 amide bonds. The molecule has 0 aromatic heterocycles. The summed E-state index contributed by atoms with van der Waals surface area (Å²) < 4.78 is 0. The minimum atomic E-state index is -0.257. The number of carbonyl (C=O) groups is 1. The summed E-state index contributed by atoms with van der Waals surface area (Å²) >= 11 is 0. The highest BCUT2D eigenvalue weighted by Gasteiger charge is 2.28. The van der Waals surface area contributed by atoms with Crippen LogP contribution < -0.4 is 5.32 Å². The Bertz CT molecular complexity index is 556. The maximum atomic E-state index is 12.3. The number of nitrogens with one attached hydrogen (secondary N) is 1. The molecule has 1 N–H and O–H groups in total. The molecule has 1 aliphatic rings. The molecule has 1 aromatic rings. The Morgan fingerprint density at radius 3 is 2.67 bits per heavy atom. The van der Waals surface area contributed by atoms with Crippen molar-refractivity contribution >= 4 is 12.0 Å². The number of hydrogen-bond donors (Lipinski definition) is 1. The minimum absolute atomic E-state index is 0.173. The molecule has 21 heavy (non-hydrogen) atoms. The van der Waals surface area contributed by atoms with E-state index in [0.29, 0.717) is 11.8 Å². The van der Waals surface area contributed by atoms with Gasteiger partial charge >= 0.3 is 0 Å². The van der Waals surface area contributed by atoms with Gasteiger partial charge in [-0.05, 0) is 29.9 Å². The lowest BCUT2D eigenvalue weighted by atomic mass is 9.78. The van der Waals surface area contributed by atoms with Crippen molar-refractivity contribution in [3.8, 4) is 6.07 Å². The lowest BCUT2D eigenvalue weighted by Crippen LogP contribution is -2.44. The second kappa shape index (κ2) is 7.08. The van der Waals surface area contributed by atoms with Crippen molar-refractivity contribution in [1.82, 2.24) is 5.32 Å². The molecule has 110 valence electrons. The Hall–Kier alpha value is -2.08. The lowest BCUT2D eigenvalue weighted by Gasteiger charge is -2.34. The number of nitrogens with zero attached hydrogens (tertiary/aromatic N) is 1. The summed E-state index contributed by atoms with van der Waals surface area (Å²) in [4.78, 5) is 12.3. The Balaban J connectivity index is 2.07. The summed E-state index contributed by atoms with van der Waals surface area (Å²) in [7, 11) is 0. The van der Waals surface area contributed by atoms with E-state index >= 15 is 0 Å². The van der Waals surface area contributed by atoms with E-state index in [9.17, 15) is 10.1 Å². The predicted molar refractivity (Wildman–Crippen MR) is 84.1 cm³/mol. The summed E-state index contributed by atoms with van der Waals surface area (Å²) in [6.45, 7) is 4.41. The monoisotopic (exact) mass is 282 g/mol. The maximum absolute atomic E-state index is 12.3. The van der Waals surface area contributed by atoms with E-state index in [1.165, 1.54) is 6.42 Å². The molecule has 1 aliphatic carbocycles. The Morgan fingerprint density at radius 1 is 1.29 bits per heavy atom. The number of carbonyl (C=O) groups excluding carboxylic acids is 1. The van der Waals surface area contributed by atoms with Crippen LogP contribution in [0.3, 0.4) is 0 Å². The van der Waals surface area contributed by atoms with Gasteiger partial charge < -0.3 is 5.32 Å². The highest BCUT2D eigenvalue weighted by atomic mass is 16.1. The minimum Gasteiger partial charge on any atom is -0.348 e. The van der Waals surface area contributed by atoms with Crippen LogP contribution in [-0.2, 0) is 4.79 Å². The van der Waals surface area contributed by atoms with Crippen LogP contribution in [0.1, 0.15) is 38.7 Å². The van der Waals surface area contributed by atoms with Crippen LogP contribution in [0.2, 0.25) is 0 Å². The van der Waals surface area contributed by atoms with E-state index < -0.39 is 0 Å². The van der Waals surface area contributed by atoms with Gasteiger partial charge in [0.15, 0.2) is 0 Å². The number of rotatable bonds is 3. The van der Waals surface area contributed by atoms with Gasteiger partial charge in [-0.1, -0.05) is 57.0 Å². The fourth-order valence-electron chi connectivity index (χ4n) is 2.90. The van der Waals surface area contributed by atoms with Gasteiger partial charge in [0.25, 0.3) is 5.91 Å². The second-order valence-electron chi connectivity index (χ2n) is 5.93. The summed E-state index contributed by atoms with van der Waals surface area (Å²) in [5.74, 6) is 0.819. The van der Waals surface area contributed by atoms with Crippen molar-refractivity contribution < 1.29 is 4.79 Å². The van der Waals surface area contributed by atoms with Crippen molar-refractivity contribution in [1.29, 1.82) is 5.26 Å². The number of amides is 1.